The van der Waals surface area contributed by atoms with E-state index in [1.165, 1.54) is 12.1 Å². The van der Waals surface area contributed by atoms with Gasteiger partial charge in [0.15, 0.2) is 0 Å². The molecule has 0 aliphatic carbocycles. The summed E-state index contributed by atoms with van der Waals surface area (Å²) < 4.78 is 13.0. The van der Waals surface area contributed by atoms with E-state index in [4.69, 9.17) is 0 Å². The molecule has 0 aromatic heterocycles. The Morgan fingerprint density at radius 1 is 1.18 bits per heavy atom. The molecule has 1 amide bonds. The lowest BCUT2D eigenvalue weighted by Gasteiger charge is -2.47. The number of likely N-dealkylation sites (tertiary alicyclic amines) is 1. The summed E-state index contributed by atoms with van der Waals surface area (Å²) in [4.78, 5) is 16.6. The zero-order valence-corrected chi connectivity index (χ0v) is 16.6. The van der Waals surface area contributed by atoms with Crippen LogP contribution in [0, 0.1) is 5.82 Å². The number of carbonyl (C=O) groups excluding carboxylic acids is 1. The average molecular weight is 384 g/mol. The maximum atomic E-state index is 13.0. The number of piperidine rings is 1. The van der Waals surface area contributed by atoms with Gasteiger partial charge in [0.1, 0.15) is 11.4 Å². The summed E-state index contributed by atoms with van der Waals surface area (Å²) >= 11 is 0. The highest BCUT2D eigenvalue weighted by molar-refractivity contribution is 5.76. The van der Waals surface area contributed by atoms with E-state index in [-0.39, 0.29) is 17.8 Å². The second kappa shape index (κ2) is 8.84. The molecule has 0 saturated carbocycles. The molecule has 0 bridgehead atoms. The van der Waals surface area contributed by atoms with Crippen molar-refractivity contribution in [2.24, 2.45) is 0 Å². The van der Waals surface area contributed by atoms with Gasteiger partial charge in [-0.1, -0.05) is 42.5 Å². The Kier molecular flexibility index (Phi) is 6.47. The normalized spacial score (nSPS) is 22.5. The number of aliphatic hydroxyl groups is 1. The molecule has 1 N–H and O–H groups in total. The van der Waals surface area contributed by atoms with E-state index < -0.39 is 5.60 Å². The number of carbonyl (C=O) groups is 1. The van der Waals surface area contributed by atoms with Crippen molar-refractivity contribution in [2.45, 2.75) is 37.3 Å². The van der Waals surface area contributed by atoms with Crippen molar-refractivity contribution in [3.63, 3.8) is 0 Å². The summed E-state index contributed by atoms with van der Waals surface area (Å²) in [5.74, 6) is -0.127. The first-order chi connectivity index (χ1) is 13.4. The van der Waals surface area contributed by atoms with Crippen LogP contribution in [-0.2, 0) is 16.8 Å². The molecule has 1 saturated heterocycles. The zero-order chi connectivity index (χ0) is 20.1. The summed E-state index contributed by atoms with van der Waals surface area (Å²) in [7, 11) is 3.89. The molecule has 5 heteroatoms. The molecule has 28 heavy (non-hydrogen) atoms. The molecule has 150 valence electrons. The fraction of sp³-hybridized carbons (Fsp3) is 0.435. The van der Waals surface area contributed by atoms with Crippen LogP contribution in [0.4, 0.5) is 4.39 Å². The van der Waals surface area contributed by atoms with Crippen LogP contribution in [0.5, 0.6) is 0 Å². The number of nitrogens with zero attached hydrogens (tertiary/aromatic N) is 2. The molecule has 0 spiro atoms. The minimum Gasteiger partial charge on any atom is -0.383 e. The van der Waals surface area contributed by atoms with Crippen molar-refractivity contribution in [2.75, 3.05) is 27.2 Å². The van der Waals surface area contributed by atoms with Gasteiger partial charge in [-0.2, -0.15) is 0 Å². The van der Waals surface area contributed by atoms with Gasteiger partial charge >= 0.3 is 0 Å². The van der Waals surface area contributed by atoms with E-state index in [1.807, 2.05) is 54.2 Å². The second-order valence-electron chi connectivity index (χ2n) is 7.84. The Hall–Kier alpha value is -2.24. The lowest BCUT2D eigenvalue weighted by molar-refractivity contribution is -0.142. The quantitative estimate of drug-likeness (QED) is 0.832. The van der Waals surface area contributed by atoms with Gasteiger partial charge in [-0.3, -0.25) is 4.79 Å². The Bertz CT molecular complexity index is 779. The average Bonchev–Trinajstić information content (AvgIpc) is 2.70. The summed E-state index contributed by atoms with van der Waals surface area (Å²) in [6.45, 7) is 1.05. The molecule has 2 aromatic carbocycles. The fourth-order valence-corrected chi connectivity index (χ4v) is 4.06. The van der Waals surface area contributed by atoms with E-state index in [9.17, 15) is 14.3 Å². The second-order valence-corrected chi connectivity index (χ2v) is 7.84. The number of rotatable bonds is 6. The number of likely N-dealkylation sites (N-methyl/N-ethyl adjacent to an activating group) is 1. The smallest absolute Gasteiger partial charge is 0.222 e. The predicted octanol–water partition coefficient (Wildman–Crippen LogP) is 3.20. The number of benzene rings is 2. The molecule has 3 rings (SSSR count). The maximum Gasteiger partial charge on any atom is 0.222 e. The Morgan fingerprint density at radius 3 is 2.50 bits per heavy atom. The van der Waals surface area contributed by atoms with Crippen molar-refractivity contribution in [3.8, 4) is 0 Å². The van der Waals surface area contributed by atoms with Crippen LogP contribution in [0.1, 0.15) is 30.4 Å². The van der Waals surface area contributed by atoms with Crippen molar-refractivity contribution in [1.29, 1.82) is 0 Å². The summed E-state index contributed by atoms with van der Waals surface area (Å²) in [5, 5.41) is 11.4. The number of aryl methyl sites for hydroxylation is 1. The molecule has 0 radical (unpaired) electrons. The third-order valence-corrected chi connectivity index (χ3v) is 5.73. The largest absolute Gasteiger partial charge is 0.383 e. The van der Waals surface area contributed by atoms with Gasteiger partial charge < -0.3 is 14.9 Å². The van der Waals surface area contributed by atoms with E-state index in [1.54, 1.807) is 12.1 Å². The molecule has 4 nitrogen and oxygen atoms in total. The fourth-order valence-electron chi connectivity index (χ4n) is 4.06. The van der Waals surface area contributed by atoms with Crippen molar-refractivity contribution >= 4 is 5.91 Å². The topological polar surface area (TPSA) is 43.8 Å². The number of halogens is 1. The summed E-state index contributed by atoms with van der Waals surface area (Å²) in [5.41, 5.74) is 0.977. The third kappa shape index (κ3) is 4.59. The van der Waals surface area contributed by atoms with E-state index >= 15 is 0 Å². The first-order valence-electron chi connectivity index (χ1n) is 9.87. The number of hydrogen-bond acceptors (Lipinski definition) is 3. The summed E-state index contributed by atoms with van der Waals surface area (Å²) in [6.07, 6.45) is 2.46. The standard InChI is InChI=1S/C23H29FN2O2/c1-25(2)21-17-26(16-15-23(21,28)19-8-4-3-5-9-19)22(27)10-6-7-18-11-13-20(24)14-12-18/h3-5,8-9,11-14,21,28H,6-7,10,15-17H2,1-2H3/t21-,23+/m1/s1. The van der Waals surface area contributed by atoms with Crippen LogP contribution >= 0.6 is 0 Å². The van der Waals surface area contributed by atoms with Crippen molar-refractivity contribution < 1.29 is 14.3 Å². The molecular weight excluding hydrogens is 355 g/mol. The highest BCUT2D eigenvalue weighted by atomic mass is 19.1. The van der Waals surface area contributed by atoms with Crippen LogP contribution in [0.2, 0.25) is 0 Å². The molecular formula is C23H29FN2O2. The van der Waals surface area contributed by atoms with Crippen LogP contribution in [0.3, 0.4) is 0 Å². The van der Waals surface area contributed by atoms with Gasteiger partial charge in [-0.25, -0.2) is 4.39 Å². The monoisotopic (exact) mass is 384 g/mol. The number of hydrogen-bond donors (Lipinski definition) is 1. The SMILES string of the molecule is CN(C)[C@@H]1CN(C(=O)CCCc2ccc(F)cc2)CC[C@]1(O)c1ccccc1. The minimum atomic E-state index is -0.963. The Labute approximate surface area is 166 Å². The van der Waals surface area contributed by atoms with Gasteiger partial charge in [0.05, 0.1) is 6.04 Å². The van der Waals surface area contributed by atoms with Crippen molar-refractivity contribution in [3.05, 3.63) is 71.5 Å². The zero-order valence-electron chi connectivity index (χ0n) is 16.6. The molecule has 0 unspecified atom stereocenters. The van der Waals surface area contributed by atoms with Crippen LogP contribution in [-0.4, -0.2) is 54.0 Å². The molecule has 2 atom stereocenters. The van der Waals surface area contributed by atoms with Gasteiger partial charge in [-0.05, 0) is 56.6 Å². The number of amides is 1. The Balaban J connectivity index is 1.60. The molecule has 1 aliphatic rings. The highest BCUT2D eigenvalue weighted by Crippen LogP contribution is 2.35. The van der Waals surface area contributed by atoms with Gasteiger partial charge in [-0.15, -0.1) is 0 Å². The molecule has 1 aliphatic heterocycles. The molecule has 1 heterocycles. The summed E-state index contributed by atoms with van der Waals surface area (Å²) in [6, 6.07) is 16.0. The lowest BCUT2D eigenvalue weighted by atomic mass is 9.79. The Morgan fingerprint density at radius 2 is 1.86 bits per heavy atom. The third-order valence-electron chi connectivity index (χ3n) is 5.73. The van der Waals surface area contributed by atoms with E-state index in [2.05, 4.69) is 0 Å². The maximum absolute atomic E-state index is 13.0. The first-order valence-corrected chi connectivity index (χ1v) is 9.87. The highest BCUT2D eigenvalue weighted by Gasteiger charge is 2.44. The van der Waals surface area contributed by atoms with Gasteiger partial charge in [0, 0.05) is 19.5 Å². The van der Waals surface area contributed by atoms with Gasteiger partial charge in [0.2, 0.25) is 5.91 Å². The lowest BCUT2D eigenvalue weighted by Crippen LogP contribution is -2.60. The van der Waals surface area contributed by atoms with E-state index in [0.29, 0.717) is 25.9 Å². The first kappa shape index (κ1) is 20.5. The van der Waals surface area contributed by atoms with Crippen molar-refractivity contribution in [1.82, 2.24) is 9.80 Å². The minimum absolute atomic E-state index is 0.115. The van der Waals surface area contributed by atoms with Gasteiger partial charge in [0.25, 0.3) is 0 Å². The van der Waals surface area contributed by atoms with Crippen LogP contribution < -0.4 is 0 Å². The van der Waals surface area contributed by atoms with Crippen LogP contribution in [0.15, 0.2) is 54.6 Å². The van der Waals surface area contributed by atoms with Crippen LogP contribution in [0.25, 0.3) is 0 Å². The van der Waals surface area contributed by atoms with E-state index in [0.717, 1.165) is 24.0 Å². The molecule has 2 aromatic rings. The molecule has 1 fully saturated rings. The predicted molar refractivity (Wildman–Crippen MR) is 108 cm³/mol.